The van der Waals surface area contributed by atoms with Gasteiger partial charge in [-0.15, -0.1) is 0 Å². The second-order valence-corrected chi connectivity index (χ2v) is 3.68. The lowest BCUT2D eigenvalue weighted by molar-refractivity contribution is -0.132. The highest BCUT2D eigenvalue weighted by Crippen LogP contribution is 2.26. The van der Waals surface area contributed by atoms with E-state index in [1.165, 1.54) is 6.42 Å². The first-order valence-corrected chi connectivity index (χ1v) is 5.00. The van der Waals surface area contributed by atoms with Crippen LogP contribution in [0.4, 0.5) is 0 Å². The standard InChI is InChI=1S/C10H19NO/c1-4-9-8(3)6-7-11(9)10(12)5-2/h8-9H,4-7H2,1-3H3. The Labute approximate surface area is 74.9 Å². The van der Waals surface area contributed by atoms with Gasteiger partial charge < -0.3 is 4.90 Å². The van der Waals surface area contributed by atoms with E-state index in [9.17, 15) is 4.79 Å². The van der Waals surface area contributed by atoms with E-state index >= 15 is 0 Å². The van der Waals surface area contributed by atoms with Crippen molar-refractivity contribution in [2.24, 2.45) is 5.92 Å². The van der Waals surface area contributed by atoms with Gasteiger partial charge in [-0.2, -0.15) is 0 Å². The van der Waals surface area contributed by atoms with Crippen LogP contribution in [0.25, 0.3) is 0 Å². The predicted octanol–water partition coefficient (Wildman–Crippen LogP) is 2.04. The average molecular weight is 169 g/mol. The van der Waals surface area contributed by atoms with E-state index in [0.29, 0.717) is 24.3 Å². The smallest absolute Gasteiger partial charge is 0.222 e. The first-order chi connectivity index (χ1) is 5.70. The second-order valence-electron chi connectivity index (χ2n) is 3.68. The zero-order valence-corrected chi connectivity index (χ0v) is 8.34. The van der Waals surface area contributed by atoms with Crippen LogP contribution in [0, 0.1) is 5.92 Å². The molecule has 2 atom stereocenters. The van der Waals surface area contributed by atoms with Gasteiger partial charge in [0.05, 0.1) is 0 Å². The number of carbonyl (C=O) groups excluding carboxylic acids is 1. The van der Waals surface area contributed by atoms with Crippen molar-refractivity contribution in [1.82, 2.24) is 4.90 Å². The van der Waals surface area contributed by atoms with Gasteiger partial charge in [-0.3, -0.25) is 4.79 Å². The third-order valence-corrected chi connectivity index (χ3v) is 2.92. The monoisotopic (exact) mass is 169 g/mol. The molecule has 1 heterocycles. The summed E-state index contributed by atoms with van der Waals surface area (Å²) in [5.74, 6) is 1.02. The van der Waals surface area contributed by atoms with E-state index in [1.54, 1.807) is 0 Å². The molecule has 0 N–H and O–H groups in total. The molecular weight excluding hydrogens is 150 g/mol. The highest BCUT2D eigenvalue weighted by Gasteiger charge is 2.31. The maximum absolute atomic E-state index is 11.5. The number of rotatable bonds is 2. The Bertz CT molecular complexity index is 167. The van der Waals surface area contributed by atoms with Crippen LogP contribution in [0.15, 0.2) is 0 Å². The van der Waals surface area contributed by atoms with Gasteiger partial charge in [0.15, 0.2) is 0 Å². The zero-order chi connectivity index (χ0) is 9.14. The summed E-state index contributed by atoms with van der Waals surface area (Å²) in [6.45, 7) is 7.34. The lowest BCUT2D eigenvalue weighted by Gasteiger charge is -2.25. The van der Waals surface area contributed by atoms with E-state index in [4.69, 9.17) is 0 Å². The summed E-state index contributed by atoms with van der Waals surface area (Å²) < 4.78 is 0. The molecule has 2 nitrogen and oxygen atoms in total. The quantitative estimate of drug-likeness (QED) is 0.619. The summed E-state index contributed by atoms with van der Waals surface area (Å²) in [6.07, 6.45) is 2.94. The van der Waals surface area contributed by atoms with Gasteiger partial charge in [0.2, 0.25) is 5.91 Å². The molecule has 1 fully saturated rings. The van der Waals surface area contributed by atoms with Gasteiger partial charge in [0, 0.05) is 19.0 Å². The van der Waals surface area contributed by atoms with E-state index in [-0.39, 0.29) is 0 Å². The van der Waals surface area contributed by atoms with Gasteiger partial charge >= 0.3 is 0 Å². The van der Waals surface area contributed by atoms with Gasteiger partial charge in [-0.25, -0.2) is 0 Å². The first kappa shape index (κ1) is 9.56. The molecule has 1 rings (SSSR count). The lowest BCUT2D eigenvalue weighted by Crippen LogP contribution is -2.36. The van der Waals surface area contributed by atoms with Crippen molar-refractivity contribution in [3.8, 4) is 0 Å². The molecule has 70 valence electrons. The van der Waals surface area contributed by atoms with Gasteiger partial charge in [-0.05, 0) is 18.8 Å². The van der Waals surface area contributed by atoms with Crippen LogP contribution in [-0.2, 0) is 4.79 Å². The Morgan fingerprint density at radius 2 is 2.17 bits per heavy atom. The first-order valence-electron chi connectivity index (χ1n) is 5.00. The van der Waals surface area contributed by atoms with Crippen LogP contribution in [0.3, 0.4) is 0 Å². The molecule has 2 unspecified atom stereocenters. The third-order valence-electron chi connectivity index (χ3n) is 2.92. The number of amides is 1. The van der Waals surface area contributed by atoms with E-state index in [1.807, 2.05) is 6.92 Å². The normalized spacial score (nSPS) is 29.4. The molecule has 0 aromatic carbocycles. The highest BCUT2D eigenvalue weighted by atomic mass is 16.2. The van der Waals surface area contributed by atoms with E-state index in [2.05, 4.69) is 18.7 Å². The average Bonchev–Trinajstić information content (AvgIpc) is 2.45. The molecule has 0 spiro atoms. The van der Waals surface area contributed by atoms with Crippen molar-refractivity contribution in [2.45, 2.75) is 46.1 Å². The summed E-state index contributed by atoms with van der Waals surface area (Å²) in [4.78, 5) is 13.5. The molecule has 2 heteroatoms. The zero-order valence-electron chi connectivity index (χ0n) is 8.34. The Kier molecular flexibility index (Phi) is 3.12. The van der Waals surface area contributed by atoms with Gasteiger partial charge in [0.1, 0.15) is 0 Å². The molecule has 0 aromatic heterocycles. The molecule has 12 heavy (non-hydrogen) atoms. The van der Waals surface area contributed by atoms with E-state index < -0.39 is 0 Å². The predicted molar refractivity (Wildman–Crippen MR) is 49.9 cm³/mol. The highest BCUT2D eigenvalue weighted by molar-refractivity contribution is 5.76. The van der Waals surface area contributed by atoms with Gasteiger partial charge in [-0.1, -0.05) is 20.8 Å². The third kappa shape index (κ3) is 1.62. The van der Waals surface area contributed by atoms with Crippen LogP contribution in [0.5, 0.6) is 0 Å². The van der Waals surface area contributed by atoms with Crippen LogP contribution >= 0.6 is 0 Å². The SMILES string of the molecule is CCC(=O)N1CCC(C)C1CC. The molecule has 0 aromatic rings. The summed E-state index contributed by atoms with van der Waals surface area (Å²) >= 11 is 0. The topological polar surface area (TPSA) is 20.3 Å². The fraction of sp³-hybridized carbons (Fsp3) is 0.900. The van der Waals surface area contributed by atoms with Crippen molar-refractivity contribution >= 4 is 5.91 Å². The molecular formula is C10H19NO. The Morgan fingerprint density at radius 1 is 1.50 bits per heavy atom. The fourth-order valence-electron chi connectivity index (χ4n) is 2.14. The maximum atomic E-state index is 11.5. The fourth-order valence-corrected chi connectivity index (χ4v) is 2.14. The minimum Gasteiger partial charge on any atom is -0.339 e. The largest absolute Gasteiger partial charge is 0.339 e. The molecule has 1 aliphatic rings. The molecule has 1 aliphatic heterocycles. The minimum atomic E-state index is 0.325. The summed E-state index contributed by atoms with van der Waals surface area (Å²) in [6, 6.07) is 0.512. The molecule has 1 amide bonds. The number of likely N-dealkylation sites (tertiary alicyclic amines) is 1. The molecule has 1 saturated heterocycles. The molecule has 0 aliphatic carbocycles. The summed E-state index contributed by atoms with van der Waals surface area (Å²) in [7, 11) is 0. The van der Waals surface area contributed by atoms with E-state index in [0.717, 1.165) is 13.0 Å². The number of hydrogen-bond acceptors (Lipinski definition) is 1. The minimum absolute atomic E-state index is 0.325. The van der Waals surface area contributed by atoms with Crippen molar-refractivity contribution < 1.29 is 4.79 Å². The van der Waals surface area contributed by atoms with Crippen LogP contribution in [-0.4, -0.2) is 23.4 Å². The Hall–Kier alpha value is -0.530. The summed E-state index contributed by atoms with van der Waals surface area (Å²) in [5.41, 5.74) is 0. The lowest BCUT2D eigenvalue weighted by atomic mass is 10.0. The summed E-state index contributed by atoms with van der Waals surface area (Å²) in [5, 5.41) is 0. The second kappa shape index (κ2) is 3.92. The maximum Gasteiger partial charge on any atom is 0.222 e. The Morgan fingerprint density at radius 3 is 2.67 bits per heavy atom. The van der Waals surface area contributed by atoms with Crippen LogP contribution in [0.2, 0.25) is 0 Å². The van der Waals surface area contributed by atoms with Crippen LogP contribution in [0.1, 0.15) is 40.0 Å². The molecule has 0 radical (unpaired) electrons. The molecule has 0 saturated carbocycles. The number of carbonyl (C=O) groups is 1. The molecule has 0 bridgehead atoms. The number of hydrogen-bond donors (Lipinski definition) is 0. The van der Waals surface area contributed by atoms with Crippen molar-refractivity contribution in [3.63, 3.8) is 0 Å². The van der Waals surface area contributed by atoms with Crippen molar-refractivity contribution in [1.29, 1.82) is 0 Å². The number of nitrogens with zero attached hydrogens (tertiary/aromatic N) is 1. The van der Waals surface area contributed by atoms with Crippen LogP contribution < -0.4 is 0 Å². The van der Waals surface area contributed by atoms with Crippen molar-refractivity contribution in [2.75, 3.05) is 6.54 Å². The van der Waals surface area contributed by atoms with Crippen molar-refractivity contribution in [3.05, 3.63) is 0 Å². The van der Waals surface area contributed by atoms with Gasteiger partial charge in [0.25, 0.3) is 0 Å². The Balaban J connectivity index is 2.60.